The minimum Gasteiger partial charge on any atom is -0.326 e. The Morgan fingerprint density at radius 3 is 3.50 bits per heavy atom. The van der Waals surface area contributed by atoms with E-state index < -0.39 is 0 Å². The molecule has 10 heavy (non-hydrogen) atoms. The predicted molar refractivity (Wildman–Crippen MR) is 42.2 cm³/mol. The van der Waals surface area contributed by atoms with Gasteiger partial charge in [0.25, 0.3) is 0 Å². The van der Waals surface area contributed by atoms with Crippen molar-refractivity contribution in [2.45, 2.75) is 24.4 Å². The fraction of sp³-hybridized carbons (Fsp3) is 0.571. The third kappa shape index (κ3) is 1.06. The summed E-state index contributed by atoms with van der Waals surface area (Å²) in [5, 5.41) is 1.33. The van der Waals surface area contributed by atoms with Gasteiger partial charge in [0.15, 0.2) is 0 Å². The number of aryl methyl sites for hydroxylation is 1. The molecule has 0 saturated heterocycles. The lowest BCUT2D eigenvalue weighted by molar-refractivity contribution is 0.610. The average Bonchev–Trinajstić information content (AvgIpc) is 2.28. The van der Waals surface area contributed by atoms with Gasteiger partial charge < -0.3 is 4.57 Å². The van der Waals surface area contributed by atoms with Crippen LogP contribution >= 0.6 is 11.8 Å². The second-order valence-electron chi connectivity index (χ2n) is 2.48. The van der Waals surface area contributed by atoms with Crippen LogP contribution in [0.4, 0.5) is 0 Å². The first-order chi connectivity index (χ1) is 4.97. The molecular formula is C7H10N2S. The second kappa shape index (κ2) is 2.66. The van der Waals surface area contributed by atoms with Gasteiger partial charge in [-0.1, -0.05) is 0 Å². The average molecular weight is 154 g/mol. The molecule has 1 aliphatic heterocycles. The van der Waals surface area contributed by atoms with Crippen LogP contribution in [0.25, 0.3) is 0 Å². The highest BCUT2D eigenvalue weighted by Crippen LogP contribution is 2.22. The van der Waals surface area contributed by atoms with E-state index in [0.717, 1.165) is 6.54 Å². The minimum atomic E-state index is 1.16. The lowest BCUT2D eigenvalue weighted by Crippen LogP contribution is -1.93. The van der Waals surface area contributed by atoms with Crippen LogP contribution < -0.4 is 0 Å². The Morgan fingerprint density at radius 2 is 2.50 bits per heavy atom. The van der Waals surface area contributed by atoms with E-state index in [-0.39, 0.29) is 0 Å². The summed E-state index contributed by atoms with van der Waals surface area (Å²) in [6.45, 7) is 1.16. The molecule has 0 aromatic carbocycles. The van der Waals surface area contributed by atoms with Gasteiger partial charge >= 0.3 is 0 Å². The molecule has 2 heterocycles. The summed E-state index contributed by atoms with van der Waals surface area (Å²) in [7, 11) is 0. The molecule has 0 atom stereocenters. The summed E-state index contributed by atoms with van der Waals surface area (Å²) in [6.07, 6.45) is 6.52. The lowest BCUT2D eigenvalue weighted by atomic mass is 10.3. The predicted octanol–water partition coefficient (Wildman–Crippen LogP) is 1.77. The van der Waals surface area contributed by atoms with Crippen LogP contribution in [0.3, 0.4) is 0 Å². The number of imidazole rings is 1. The van der Waals surface area contributed by atoms with Gasteiger partial charge in [-0.25, -0.2) is 4.98 Å². The van der Waals surface area contributed by atoms with E-state index in [9.17, 15) is 0 Å². The van der Waals surface area contributed by atoms with Crippen molar-refractivity contribution in [1.29, 1.82) is 0 Å². The summed E-state index contributed by atoms with van der Waals surface area (Å²) in [4.78, 5) is 4.09. The lowest BCUT2D eigenvalue weighted by Gasteiger charge is -1.98. The fourth-order valence-electron chi connectivity index (χ4n) is 1.16. The summed E-state index contributed by atoms with van der Waals surface area (Å²) in [5.74, 6) is 1.26. The number of thioether (sulfide) groups is 1. The summed E-state index contributed by atoms with van der Waals surface area (Å²) >= 11 is 1.92. The highest BCUT2D eigenvalue weighted by atomic mass is 32.2. The normalized spacial score (nSPS) is 18.0. The summed E-state index contributed by atoms with van der Waals surface area (Å²) in [5.41, 5.74) is 0. The van der Waals surface area contributed by atoms with Gasteiger partial charge in [-0.3, -0.25) is 0 Å². The third-order valence-electron chi connectivity index (χ3n) is 1.72. The van der Waals surface area contributed by atoms with Gasteiger partial charge in [-0.2, -0.15) is 0 Å². The molecule has 0 aliphatic carbocycles. The Balaban J connectivity index is 2.28. The van der Waals surface area contributed by atoms with Gasteiger partial charge in [0.2, 0.25) is 0 Å². The topological polar surface area (TPSA) is 17.8 Å². The van der Waals surface area contributed by atoms with Crippen molar-refractivity contribution in [2.24, 2.45) is 0 Å². The molecule has 3 heteroatoms. The molecule has 0 amide bonds. The fourth-order valence-corrected chi connectivity index (χ4v) is 2.15. The van der Waals surface area contributed by atoms with Crippen molar-refractivity contribution < 1.29 is 0 Å². The SMILES string of the molecule is c1ncn2c1SCCCC2. The molecule has 0 radical (unpaired) electrons. The molecule has 1 aromatic rings. The van der Waals surface area contributed by atoms with Gasteiger partial charge in [0.05, 0.1) is 17.6 Å². The van der Waals surface area contributed by atoms with E-state index in [4.69, 9.17) is 0 Å². The number of hydrogen-bond donors (Lipinski definition) is 0. The molecular weight excluding hydrogens is 144 g/mol. The molecule has 0 fully saturated rings. The van der Waals surface area contributed by atoms with E-state index in [1.807, 2.05) is 24.3 Å². The van der Waals surface area contributed by atoms with E-state index in [0.29, 0.717) is 0 Å². The Hall–Kier alpha value is -0.440. The first-order valence-corrected chi connectivity index (χ1v) is 4.58. The molecule has 2 nitrogen and oxygen atoms in total. The van der Waals surface area contributed by atoms with Crippen molar-refractivity contribution in [3.8, 4) is 0 Å². The van der Waals surface area contributed by atoms with Crippen LogP contribution in [0.15, 0.2) is 17.6 Å². The van der Waals surface area contributed by atoms with Crippen LogP contribution in [0, 0.1) is 0 Å². The smallest absolute Gasteiger partial charge is 0.0954 e. The molecule has 54 valence electrons. The van der Waals surface area contributed by atoms with Gasteiger partial charge in [-0.15, -0.1) is 11.8 Å². The van der Waals surface area contributed by atoms with Crippen LogP contribution in [-0.4, -0.2) is 15.3 Å². The maximum Gasteiger partial charge on any atom is 0.0954 e. The van der Waals surface area contributed by atoms with Gasteiger partial charge in [-0.05, 0) is 18.6 Å². The zero-order valence-corrected chi connectivity index (χ0v) is 6.60. The van der Waals surface area contributed by atoms with Gasteiger partial charge in [0, 0.05) is 6.54 Å². The van der Waals surface area contributed by atoms with E-state index in [1.165, 1.54) is 23.6 Å². The molecule has 0 spiro atoms. The zero-order valence-electron chi connectivity index (χ0n) is 5.79. The molecule has 1 aromatic heterocycles. The zero-order chi connectivity index (χ0) is 6.81. The first-order valence-electron chi connectivity index (χ1n) is 3.60. The Kier molecular flexibility index (Phi) is 1.67. The molecule has 0 unspecified atom stereocenters. The molecule has 0 N–H and O–H groups in total. The van der Waals surface area contributed by atoms with Crippen molar-refractivity contribution in [3.05, 3.63) is 12.5 Å². The standard InChI is InChI=1S/C7H10N2S/c1-2-4-10-7-5-8-6-9(7)3-1/h5-6H,1-4H2. The Morgan fingerprint density at radius 1 is 1.50 bits per heavy atom. The Labute approximate surface area is 64.6 Å². The van der Waals surface area contributed by atoms with Crippen molar-refractivity contribution in [2.75, 3.05) is 5.75 Å². The first kappa shape index (κ1) is 6.28. The van der Waals surface area contributed by atoms with E-state index in [1.54, 1.807) is 0 Å². The molecule has 0 bridgehead atoms. The highest BCUT2D eigenvalue weighted by molar-refractivity contribution is 7.99. The number of aromatic nitrogens is 2. The summed E-state index contributed by atoms with van der Waals surface area (Å²) in [6, 6.07) is 0. The van der Waals surface area contributed by atoms with Crippen molar-refractivity contribution in [1.82, 2.24) is 9.55 Å². The van der Waals surface area contributed by atoms with Gasteiger partial charge in [0.1, 0.15) is 0 Å². The Bertz CT molecular complexity index is 199. The number of nitrogens with zero attached hydrogens (tertiary/aromatic N) is 2. The van der Waals surface area contributed by atoms with E-state index >= 15 is 0 Å². The van der Waals surface area contributed by atoms with E-state index in [2.05, 4.69) is 9.55 Å². The van der Waals surface area contributed by atoms with Crippen LogP contribution in [0.1, 0.15) is 12.8 Å². The second-order valence-corrected chi connectivity index (χ2v) is 3.60. The van der Waals surface area contributed by atoms with Crippen molar-refractivity contribution in [3.63, 3.8) is 0 Å². The van der Waals surface area contributed by atoms with Crippen molar-refractivity contribution >= 4 is 11.8 Å². The monoisotopic (exact) mass is 154 g/mol. The highest BCUT2D eigenvalue weighted by Gasteiger charge is 2.05. The van der Waals surface area contributed by atoms with Crippen LogP contribution in [0.2, 0.25) is 0 Å². The largest absolute Gasteiger partial charge is 0.326 e. The quantitative estimate of drug-likeness (QED) is 0.566. The number of hydrogen-bond acceptors (Lipinski definition) is 2. The van der Waals surface area contributed by atoms with Crippen LogP contribution in [0.5, 0.6) is 0 Å². The third-order valence-corrected chi connectivity index (χ3v) is 2.85. The number of rotatable bonds is 0. The molecule has 0 saturated carbocycles. The maximum atomic E-state index is 4.09. The molecule has 1 aliphatic rings. The summed E-state index contributed by atoms with van der Waals surface area (Å²) < 4.78 is 2.23. The maximum absolute atomic E-state index is 4.09. The minimum absolute atomic E-state index is 1.16. The van der Waals surface area contributed by atoms with Crippen LogP contribution in [-0.2, 0) is 6.54 Å². The number of fused-ring (bicyclic) bond motifs is 1. The molecule has 2 rings (SSSR count).